The van der Waals surface area contributed by atoms with Crippen LogP contribution in [0.25, 0.3) is 0 Å². The van der Waals surface area contributed by atoms with Crippen LogP contribution in [0.3, 0.4) is 0 Å². The van der Waals surface area contributed by atoms with Crippen molar-refractivity contribution in [1.29, 1.82) is 0 Å². The van der Waals surface area contributed by atoms with Crippen LogP contribution < -0.4 is 10.6 Å². The second-order valence-corrected chi connectivity index (χ2v) is 8.09. The lowest BCUT2D eigenvalue weighted by atomic mass is 10.1. The van der Waals surface area contributed by atoms with Gasteiger partial charge < -0.3 is 15.5 Å². The Morgan fingerprint density at radius 3 is 2.54 bits per heavy atom. The summed E-state index contributed by atoms with van der Waals surface area (Å²) < 4.78 is 0. The van der Waals surface area contributed by atoms with E-state index in [9.17, 15) is 9.59 Å². The zero-order valence-electron chi connectivity index (χ0n) is 16.2. The van der Waals surface area contributed by atoms with Crippen LogP contribution in [0.4, 0.5) is 10.5 Å². The van der Waals surface area contributed by atoms with E-state index in [2.05, 4.69) is 35.8 Å². The van der Waals surface area contributed by atoms with Crippen LogP contribution in [0.1, 0.15) is 24.0 Å². The number of carbonyl (C=O) groups is 2. The van der Waals surface area contributed by atoms with Gasteiger partial charge in [-0.2, -0.15) is 0 Å². The molecule has 0 bridgehead atoms. The molecule has 28 heavy (non-hydrogen) atoms. The van der Waals surface area contributed by atoms with Gasteiger partial charge in [0.1, 0.15) is 0 Å². The molecule has 2 N–H and O–H groups in total. The van der Waals surface area contributed by atoms with Crippen LogP contribution in [0.5, 0.6) is 0 Å². The van der Waals surface area contributed by atoms with E-state index in [0.717, 1.165) is 24.3 Å². The molecule has 5 nitrogen and oxygen atoms in total. The van der Waals surface area contributed by atoms with Crippen molar-refractivity contribution in [2.24, 2.45) is 0 Å². The summed E-state index contributed by atoms with van der Waals surface area (Å²) in [7, 11) is 0. The lowest BCUT2D eigenvalue weighted by Crippen LogP contribution is -2.48. The minimum Gasteiger partial charge on any atom is -0.353 e. The fourth-order valence-electron chi connectivity index (χ4n) is 3.28. The minimum atomic E-state index is -0.0790. The number of para-hydroxylation sites is 1. The van der Waals surface area contributed by atoms with Crippen molar-refractivity contribution in [2.45, 2.75) is 31.6 Å². The predicted molar refractivity (Wildman–Crippen MR) is 116 cm³/mol. The number of nitrogens with zero attached hydrogens (tertiary/aromatic N) is 1. The summed E-state index contributed by atoms with van der Waals surface area (Å²) in [6.45, 7) is 3.38. The predicted octanol–water partition coefficient (Wildman–Crippen LogP) is 4.04. The molecule has 0 aliphatic carbocycles. The van der Waals surface area contributed by atoms with Crippen molar-refractivity contribution >= 4 is 29.4 Å². The summed E-state index contributed by atoms with van der Waals surface area (Å²) >= 11 is 1.63. The van der Waals surface area contributed by atoms with Crippen LogP contribution in [0.15, 0.2) is 54.6 Å². The Bertz CT molecular complexity index is 789. The van der Waals surface area contributed by atoms with E-state index in [0.29, 0.717) is 18.8 Å². The fourth-order valence-corrected chi connectivity index (χ4v) is 4.07. The first-order chi connectivity index (χ1) is 13.6. The first kappa shape index (κ1) is 20.3. The van der Waals surface area contributed by atoms with Crippen LogP contribution >= 0.6 is 11.8 Å². The second kappa shape index (κ2) is 10.2. The summed E-state index contributed by atoms with van der Waals surface area (Å²) in [6, 6.07) is 17.9. The zero-order chi connectivity index (χ0) is 19.8. The molecule has 148 valence electrons. The molecule has 1 saturated heterocycles. The zero-order valence-corrected chi connectivity index (χ0v) is 17.0. The molecule has 0 saturated carbocycles. The average molecular weight is 398 g/mol. The third kappa shape index (κ3) is 6.30. The Kier molecular flexibility index (Phi) is 7.37. The number of hydrogen-bond donors (Lipinski definition) is 2. The molecule has 3 rings (SSSR count). The maximum Gasteiger partial charge on any atom is 0.321 e. The van der Waals surface area contributed by atoms with Crippen molar-refractivity contribution in [2.75, 3.05) is 24.2 Å². The molecule has 1 aliphatic heterocycles. The third-order valence-corrected chi connectivity index (χ3v) is 5.76. The first-order valence-electron chi connectivity index (χ1n) is 9.64. The maximum absolute atomic E-state index is 12.3. The number of anilines is 1. The van der Waals surface area contributed by atoms with E-state index in [-0.39, 0.29) is 18.0 Å². The van der Waals surface area contributed by atoms with E-state index in [4.69, 9.17) is 0 Å². The lowest BCUT2D eigenvalue weighted by Gasteiger charge is -2.32. The SMILES string of the molecule is Cc1cccc(CSCC(=O)NC2CCN(C(=O)Nc3ccccc3)CC2)c1. The van der Waals surface area contributed by atoms with Gasteiger partial charge >= 0.3 is 6.03 Å². The average Bonchev–Trinajstić information content (AvgIpc) is 2.69. The fraction of sp³-hybridized carbons (Fsp3) is 0.364. The van der Waals surface area contributed by atoms with Gasteiger partial charge in [-0.15, -0.1) is 11.8 Å². The normalized spacial score (nSPS) is 14.5. The number of hydrogen-bond acceptors (Lipinski definition) is 3. The van der Waals surface area contributed by atoms with Gasteiger partial charge in [0.25, 0.3) is 0 Å². The van der Waals surface area contributed by atoms with Crippen LogP contribution in [0.2, 0.25) is 0 Å². The highest BCUT2D eigenvalue weighted by Crippen LogP contribution is 2.15. The number of benzene rings is 2. The van der Waals surface area contributed by atoms with E-state index < -0.39 is 0 Å². The van der Waals surface area contributed by atoms with Crippen molar-refractivity contribution in [3.63, 3.8) is 0 Å². The van der Waals surface area contributed by atoms with E-state index in [1.165, 1.54) is 11.1 Å². The molecule has 1 aliphatic rings. The molecule has 2 aromatic carbocycles. The summed E-state index contributed by atoms with van der Waals surface area (Å²) in [5.74, 6) is 1.38. The number of carbonyl (C=O) groups excluding carboxylic acids is 2. The topological polar surface area (TPSA) is 61.4 Å². The Balaban J connectivity index is 1.34. The van der Waals surface area contributed by atoms with Gasteiger partial charge in [-0.05, 0) is 37.5 Å². The molecule has 0 spiro atoms. The molecular weight excluding hydrogens is 370 g/mol. The summed E-state index contributed by atoms with van der Waals surface area (Å²) in [4.78, 5) is 26.3. The van der Waals surface area contributed by atoms with Crippen molar-refractivity contribution in [1.82, 2.24) is 10.2 Å². The Labute approximate surface area is 170 Å². The maximum atomic E-state index is 12.3. The molecule has 3 amide bonds. The van der Waals surface area contributed by atoms with Gasteiger partial charge in [-0.3, -0.25) is 4.79 Å². The molecule has 6 heteroatoms. The van der Waals surface area contributed by atoms with E-state index >= 15 is 0 Å². The van der Waals surface area contributed by atoms with Gasteiger partial charge in [0.2, 0.25) is 5.91 Å². The van der Waals surface area contributed by atoms with Crippen molar-refractivity contribution < 1.29 is 9.59 Å². The Hall–Kier alpha value is -2.47. The summed E-state index contributed by atoms with van der Waals surface area (Å²) in [6.07, 6.45) is 1.58. The molecule has 2 aromatic rings. The van der Waals surface area contributed by atoms with E-state index in [1.807, 2.05) is 41.3 Å². The molecule has 0 aromatic heterocycles. The first-order valence-corrected chi connectivity index (χ1v) is 10.8. The number of aryl methyl sites for hydroxylation is 1. The summed E-state index contributed by atoms with van der Waals surface area (Å²) in [5.41, 5.74) is 3.29. The number of amides is 3. The van der Waals surface area contributed by atoms with Crippen LogP contribution in [-0.4, -0.2) is 41.7 Å². The molecule has 1 fully saturated rings. The monoisotopic (exact) mass is 397 g/mol. The highest BCUT2D eigenvalue weighted by atomic mass is 32.2. The minimum absolute atomic E-state index is 0.0739. The number of likely N-dealkylation sites (tertiary alicyclic amines) is 1. The Morgan fingerprint density at radius 2 is 1.82 bits per heavy atom. The second-order valence-electron chi connectivity index (χ2n) is 7.11. The van der Waals surface area contributed by atoms with Crippen LogP contribution in [0, 0.1) is 6.92 Å². The quantitative estimate of drug-likeness (QED) is 0.773. The number of thioether (sulfide) groups is 1. The highest BCUT2D eigenvalue weighted by Gasteiger charge is 2.23. The molecular formula is C22H27N3O2S. The summed E-state index contributed by atoms with van der Waals surface area (Å²) in [5, 5.41) is 6.02. The smallest absolute Gasteiger partial charge is 0.321 e. The Morgan fingerprint density at radius 1 is 1.07 bits per heavy atom. The van der Waals surface area contributed by atoms with Gasteiger partial charge in [-0.1, -0.05) is 48.0 Å². The molecule has 0 radical (unpaired) electrons. The van der Waals surface area contributed by atoms with Gasteiger partial charge in [0.05, 0.1) is 5.75 Å². The lowest BCUT2D eigenvalue weighted by molar-refractivity contribution is -0.119. The largest absolute Gasteiger partial charge is 0.353 e. The van der Waals surface area contributed by atoms with Gasteiger partial charge in [0.15, 0.2) is 0 Å². The highest BCUT2D eigenvalue weighted by molar-refractivity contribution is 7.99. The number of rotatable bonds is 6. The molecule has 1 heterocycles. The number of piperidine rings is 1. The molecule has 0 unspecified atom stereocenters. The number of nitrogens with one attached hydrogen (secondary N) is 2. The standard InChI is InChI=1S/C22H27N3O2S/c1-17-6-5-7-18(14-17)15-28-16-21(26)23-20-10-12-25(13-11-20)22(27)24-19-8-3-2-4-9-19/h2-9,14,20H,10-13,15-16H2,1H3,(H,23,26)(H,24,27). The third-order valence-electron chi connectivity index (χ3n) is 4.76. The number of urea groups is 1. The van der Waals surface area contributed by atoms with Gasteiger partial charge in [-0.25, -0.2) is 4.79 Å². The van der Waals surface area contributed by atoms with Crippen LogP contribution in [-0.2, 0) is 10.5 Å². The van der Waals surface area contributed by atoms with E-state index in [1.54, 1.807) is 11.8 Å². The van der Waals surface area contributed by atoms with Crippen molar-refractivity contribution in [3.05, 3.63) is 65.7 Å². The van der Waals surface area contributed by atoms with Crippen molar-refractivity contribution in [3.8, 4) is 0 Å². The molecule has 0 atom stereocenters. The van der Waals surface area contributed by atoms with Gasteiger partial charge in [0, 0.05) is 30.6 Å².